The van der Waals surface area contributed by atoms with E-state index >= 15 is 0 Å². The third kappa shape index (κ3) is 8.72. The lowest BCUT2D eigenvalue weighted by Crippen LogP contribution is -2.47. The fourth-order valence-electron chi connectivity index (χ4n) is 2.24. The molecule has 27 heavy (non-hydrogen) atoms. The van der Waals surface area contributed by atoms with Crippen LogP contribution in [0.3, 0.4) is 0 Å². The lowest BCUT2D eigenvalue weighted by molar-refractivity contribution is -0.128. The van der Waals surface area contributed by atoms with Crippen LogP contribution in [0.15, 0.2) is 23.2 Å². The topological polar surface area (TPSA) is 74.8 Å². The molecule has 0 saturated carbocycles. The second kappa shape index (κ2) is 11.9. The molecule has 1 aromatic carbocycles. The second-order valence-corrected chi connectivity index (χ2v) is 6.51. The number of hydrogen-bond donors (Lipinski definition) is 3. The molecule has 0 aliphatic rings. The van der Waals surface area contributed by atoms with Gasteiger partial charge in [0.05, 0.1) is 5.41 Å². The molecule has 0 aliphatic carbocycles. The molecule has 1 amide bonds. The van der Waals surface area contributed by atoms with E-state index in [9.17, 15) is 13.6 Å². The Morgan fingerprint density at radius 3 is 2.48 bits per heavy atom. The number of hydrogen-bond acceptors (Lipinski definition) is 3. The molecule has 3 N–H and O–H groups in total. The number of guanidine groups is 1. The minimum atomic E-state index is -2.88. The molecule has 0 radical (unpaired) electrons. The van der Waals surface area contributed by atoms with Gasteiger partial charge in [-0.05, 0) is 33.8 Å². The van der Waals surface area contributed by atoms with Crippen molar-refractivity contribution in [3.63, 3.8) is 0 Å². The molecule has 0 unspecified atom stereocenters. The Hall–Kier alpha value is -1.65. The van der Waals surface area contributed by atoms with Crippen LogP contribution in [-0.2, 0) is 11.3 Å². The van der Waals surface area contributed by atoms with Crippen molar-refractivity contribution in [2.24, 2.45) is 10.4 Å². The summed E-state index contributed by atoms with van der Waals surface area (Å²) in [4.78, 5) is 16.1. The minimum Gasteiger partial charge on any atom is -0.434 e. The maximum atomic E-state index is 12.5. The summed E-state index contributed by atoms with van der Waals surface area (Å²) in [5.74, 6) is 0.525. The Kier molecular flexibility index (Phi) is 11.2. The third-order valence-electron chi connectivity index (χ3n) is 3.75. The zero-order valence-electron chi connectivity index (χ0n) is 16.4. The van der Waals surface area contributed by atoms with Crippen molar-refractivity contribution in [3.8, 4) is 5.75 Å². The summed E-state index contributed by atoms with van der Waals surface area (Å²) >= 11 is 0. The summed E-state index contributed by atoms with van der Waals surface area (Å²) in [7, 11) is 1.60. The van der Waals surface area contributed by atoms with E-state index in [1.165, 1.54) is 6.07 Å². The molecule has 0 bridgehead atoms. The van der Waals surface area contributed by atoms with Crippen LogP contribution in [0, 0.1) is 12.3 Å². The fourth-order valence-corrected chi connectivity index (χ4v) is 2.24. The van der Waals surface area contributed by atoms with Crippen molar-refractivity contribution in [2.45, 2.75) is 40.9 Å². The molecule has 9 heteroatoms. The van der Waals surface area contributed by atoms with Crippen LogP contribution in [0.25, 0.3) is 0 Å². The van der Waals surface area contributed by atoms with Crippen LogP contribution in [-0.4, -0.2) is 38.6 Å². The Morgan fingerprint density at radius 2 is 1.93 bits per heavy atom. The van der Waals surface area contributed by atoms with Crippen LogP contribution in [0.1, 0.15) is 31.9 Å². The maximum Gasteiger partial charge on any atom is 0.387 e. The molecular formula is C18H29F2IN4O2. The highest BCUT2D eigenvalue weighted by Gasteiger charge is 2.27. The maximum absolute atomic E-state index is 12.5. The van der Waals surface area contributed by atoms with Crippen molar-refractivity contribution in [2.75, 3.05) is 20.1 Å². The van der Waals surface area contributed by atoms with Gasteiger partial charge in [-0.25, -0.2) is 0 Å². The molecule has 0 fully saturated rings. The molecule has 1 aromatic rings. The number of nitrogens with zero attached hydrogens (tertiary/aromatic N) is 1. The Balaban J connectivity index is 0.00000676. The quantitative estimate of drug-likeness (QED) is 0.293. The molecule has 6 nitrogen and oxygen atoms in total. The summed E-state index contributed by atoms with van der Waals surface area (Å²) in [6.07, 6.45) is 0. The average Bonchev–Trinajstić information content (AvgIpc) is 2.57. The number of benzene rings is 1. The average molecular weight is 498 g/mol. The Labute approximate surface area is 176 Å². The highest BCUT2D eigenvalue weighted by atomic mass is 127. The zero-order chi connectivity index (χ0) is 19.7. The van der Waals surface area contributed by atoms with E-state index in [4.69, 9.17) is 0 Å². The first-order valence-corrected chi connectivity index (χ1v) is 8.46. The first kappa shape index (κ1) is 25.4. The summed E-state index contributed by atoms with van der Waals surface area (Å²) in [5, 5.41) is 8.93. The number of amides is 1. The number of rotatable bonds is 8. The summed E-state index contributed by atoms with van der Waals surface area (Å²) in [5.41, 5.74) is 0.904. The first-order chi connectivity index (χ1) is 12.2. The van der Waals surface area contributed by atoms with Crippen LogP contribution in [0.5, 0.6) is 5.75 Å². The predicted molar refractivity (Wildman–Crippen MR) is 114 cm³/mol. The SMILES string of the molecule is CCNC(=O)C(C)(C)CNC(=NC)NCc1cc(C)ccc1OC(F)F.I. The lowest BCUT2D eigenvalue weighted by atomic mass is 9.92. The van der Waals surface area contributed by atoms with Gasteiger partial charge in [0.15, 0.2) is 5.96 Å². The van der Waals surface area contributed by atoms with Gasteiger partial charge in [-0.3, -0.25) is 9.79 Å². The normalized spacial score (nSPS) is 11.6. The number of nitrogens with one attached hydrogen (secondary N) is 3. The van der Waals surface area contributed by atoms with Crippen molar-refractivity contribution >= 4 is 35.8 Å². The van der Waals surface area contributed by atoms with Crippen molar-refractivity contribution in [3.05, 3.63) is 29.3 Å². The minimum absolute atomic E-state index is 0. The number of carbonyl (C=O) groups excluding carboxylic acids is 1. The van der Waals surface area contributed by atoms with E-state index in [0.29, 0.717) is 24.6 Å². The van der Waals surface area contributed by atoms with Crippen molar-refractivity contribution in [1.29, 1.82) is 0 Å². The van der Waals surface area contributed by atoms with Crippen LogP contribution in [0.2, 0.25) is 0 Å². The first-order valence-electron chi connectivity index (χ1n) is 8.46. The lowest BCUT2D eigenvalue weighted by Gasteiger charge is -2.25. The van der Waals surface area contributed by atoms with Gasteiger partial charge in [0.1, 0.15) is 5.75 Å². The summed E-state index contributed by atoms with van der Waals surface area (Å²) in [6, 6.07) is 5.01. The second-order valence-electron chi connectivity index (χ2n) is 6.51. The largest absolute Gasteiger partial charge is 0.434 e. The highest BCUT2D eigenvalue weighted by molar-refractivity contribution is 14.0. The van der Waals surface area contributed by atoms with Crippen LogP contribution < -0.4 is 20.7 Å². The van der Waals surface area contributed by atoms with Crippen molar-refractivity contribution < 1.29 is 18.3 Å². The number of ether oxygens (including phenoxy) is 1. The monoisotopic (exact) mass is 498 g/mol. The van der Waals surface area contributed by atoms with E-state index < -0.39 is 12.0 Å². The van der Waals surface area contributed by atoms with Gasteiger partial charge in [0.2, 0.25) is 5.91 Å². The zero-order valence-corrected chi connectivity index (χ0v) is 18.7. The standard InChI is InChI=1S/C18H28F2N4O2.HI/c1-6-22-15(25)18(3,4)11-24-17(21-5)23-10-13-9-12(2)7-8-14(13)26-16(19)20;/h7-9,16H,6,10-11H2,1-5H3,(H,22,25)(H2,21,23,24);1H. The van der Waals surface area contributed by atoms with Crippen LogP contribution >= 0.6 is 24.0 Å². The molecule has 0 aromatic heterocycles. The van der Waals surface area contributed by atoms with E-state index in [1.807, 2.05) is 27.7 Å². The summed E-state index contributed by atoms with van der Waals surface area (Å²) in [6.45, 7) is 5.70. The predicted octanol–water partition coefficient (Wildman–Crippen LogP) is 3.04. The number of halogens is 3. The third-order valence-corrected chi connectivity index (χ3v) is 3.75. The highest BCUT2D eigenvalue weighted by Crippen LogP contribution is 2.22. The van der Waals surface area contributed by atoms with Crippen molar-refractivity contribution in [1.82, 2.24) is 16.0 Å². The number of aryl methyl sites for hydroxylation is 1. The number of aliphatic imine (C=N–C) groups is 1. The molecule has 0 aliphatic heterocycles. The van der Waals surface area contributed by atoms with Gasteiger partial charge >= 0.3 is 6.61 Å². The van der Waals surface area contributed by atoms with E-state index in [0.717, 1.165) is 5.56 Å². The van der Waals surface area contributed by atoms with E-state index in [2.05, 4.69) is 25.7 Å². The van der Waals surface area contributed by atoms with Gasteiger partial charge in [0, 0.05) is 32.2 Å². The van der Waals surface area contributed by atoms with Gasteiger partial charge in [0.25, 0.3) is 0 Å². The molecular weight excluding hydrogens is 469 g/mol. The molecule has 0 saturated heterocycles. The molecule has 0 atom stereocenters. The summed E-state index contributed by atoms with van der Waals surface area (Å²) < 4.78 is 29.6. The Bertz CT molecular complexity index is 640. The van der Waals surface area contributed by atoms with Gasteiger partial charge in [-0.2, -0.15) is 8.78 Å². The van der Waals surface area contributed by atoms with Gasteiger partial charge in [-0.1, -0.05) is 17.7 Å². The fraction of sp³-hybridized carbons (Fsp3) is 0.556. The molecule has 154 valence electrons. The van der Waals surface area contributed by atoms with Gasteiger partial charge < -0.3 is 20.7 Å². The van der Waals surface area contributed by atoms with E-state index in [-0.39, 0.29) is 42.2 Å². The van der Waals surface area contributed by atoms with E-state index in [1.54, 1.807) is 19.2 Å². The molecule has 0 heterocycles. The molecule has 1 rings (SSSR count). The number of alkyl halides is 2. The number of carbonyl (C=O) groups is 1. The Morgan fingerprint density at radius 1 is 1.26 bits per heavy atom. The smallest absolute Gasteiger partial charge is 0.387 e. The van der Waals surface area contributed by atoms with Crippen LogP contribution in [0.4, 0.5) is 8.78 Å². The van der Waals surface area contributed by atoms with Gasteiger partial charge in [-0.15, -0.1) is 24.0 Å². The molecule has 0 spiro atoms.